The second-order valence-electron chi connectivity index (χ2n) is 5.48. The third kappa shape index (κ3) is 3.51. The van der Waals surface area contributed by atoms with Crippen LogP contribution in [0.2, 0.25) is 0 Å². The van der Waals surface area contributed by atoms with Crippen LogP contribution in [0.5, 0.6) is 0 Å². The number of nitrogens with zero attached hydrogens (tertiary/aromatic N) is 2. The van der Waals surface area contributed by atoms with Gasteiger partial charge in [0.25, 0.3) is 5.69 Å². The minimum absolute atomic E-state index is 0.0651. The monoisotopic (exact) mass is 292 g/mol. The lowest BCUT2D eigenvalue weighted by molar-refractivity contribution is -0.384. The molecule has 6 nitrogen and oxygen atoms in total. The van der Waals surface area contributed by atoms with Gasteiger partial charge in [0, 0.05) is 24.6 Å². The smallest absolute Gasteiger partial charge is 0.303 e. The molecule has 114 valence electrons. The minimum Gasteiger partial charge on any atom is -0.481 e. The number of nitro groups is 1. The number of para-hydroxylation sites is 1. The van der Waals surface area contributed by atoms with Gasteiger partial charge in [-0.15, -0.1) is 0 Å². The van der Waals surface area contributed by atoms with Crippen LogP contribution in [-0.4, -0.2) is 28.6 Å². The Kier molecular flexibility index (Phi) is 4.77. The molecule has 1 aromatic rings. The Morgan fingerprint density at radius 1 is 1.48 bits per heavy atom. The largest absolute Gasteiger partial charge is 0.481 e. The zero-order valence-corrected chi connectivity index (χ0v) is 12.1. The molecular weight excluding hydrogens is 272 g/mol. The van der Waals surface area contributed by atoms with Crippen molar-refractivity contribution in [3.05, 3.63) is 33.9 Å². The third-order valence-electron chi connectivity index (χ3n) is 4.03. The van der Waals surface area contributed by atoms with Crippen LogP contribution in [0.3, 0.4) is 0 Å². The van der Waals surface area contributed by atoms with Gasteiger partial charge in [-0.05, 0) is 38.7 Å². The van der Waals surface area contributed by atoms with Crippen molar-refractivity contribution in [3.63, 3.8) is 0 Å². The number of anilines is 1. The molecule has 0 bridgehead atoms. The summed E-state index contributed by atoms with van der Waals surface area (Å²) in [5.74, 6) is -0.820. The van der Waals surface area contributed by atoms with E-state index in [1.54, 1.807) is 19.1 Å². The van der Waals surface area contributed by atoms with Gasteiger partial charge in [0.05, 0.1) is 4.92 Å². The molecule has 0 aliphatic carbocycles. The number of aryl methyl sites for hydroxylation is 1. The zero-order valence-electron chi connectivity index (χ0n) is 12.1. The van der Waals surface area contributed by atoms with E-state index >= 15 is 0 Å². The molecule has 1 aromatic carbocycles. The number of nitro benzene ring substituents is 1. The first-order valence-corrected chi connectivity index (χ1v) is 7.23. The number of aliphatic carboxylic acids is 1. The molecule has 21 heavy (non-hydrogen) atoms. The quantitative estimate of drug-likeness (QED) is 0.666. The van der Waals surface area contributed by atoms with Gasteiger partial charge in [0.1, 0.15) is 5.69 Å². The highest BCUT2D eigenvalue weighted by Crippen LogP contribution is 2.36. The second kappa shape index (κ2) is 6.56. The summed E-state index contributed by atoms with van der Waals surface area (Å²) >= 11 is 0. The summed E-state index contributed by atoms with van der Waals surface area (Å²) in [5.41, 5.74) is 1.40. The van der Waals surface area contributed by atoms with Crippen molar-refractivity contribution in [3.8, 4) is 0 Å². The van der Waals surface area contributed by atoms with E-state index < -0.39 is 5.97 Å². The second-order valence-corrected chi connectivity index (χ2v) is 5.48. The highest BCUT2D eigenvalue weighted by Gasteiger charge is 2.29. The van der Waals surface area contributed by atoms with E-state index in [9.17, 15) is 14.9 Å². The lowest BCUT2D eigenvalue weighted by atomic mass is 9.96. The fourth-order valence-electron chi connectivity index (χ4n) is 3.02. The zero-order chi connectivity index (χ0) is 15.4. The van der Waals surface area contributed by atoms with Crippen LogP contribution in [0.15, 0.2) is 18.2 Å². The lowest BCUT2D eigenvalue weighted by Gasteiger charge is -2.37. The van der Waals surface area contributed by atoms with Crippen molar-refractivity contribution in [2.24, 2.45) is 0 Å². The Hall–Kier alpha value is -2.11. The fourth-order valence-corrected chi connectivity index (χ4v) is 3.02. The normalized spacial score (nSPS) is 18.5. The molecular formula is C15H20N2O4. The van der Waals surface area contributed by atoms with Gasteiger partial charge in [0.2, 0.25) is 0 Å². The molecule has 0 amide bonds. The number of hydrogen-bond donors (Lipinski definition) is 1. The maximum absolute atomic E-state index is 11.3. The molecule has 0 aromatic heterocycles. The van der Waals surface area contributed by atoms with E-state index in [1.165, 1.54) is 0 Å². The molecule has 0 saturated carbocycles. The van der Waals surface area contributed by atoms with Crippen LogP contribution in [0, 0.1) is 17.0 Å². The van der Waals surface area contributed by atoms with Crippen LogP contribution in [0.4, 0.5) is 11.4 Å². The minimum atomic E-state index is -0.820. The number of carboxylic acid groups (broad SMARTS) is 1. The molecule has 1 saturated heterocycles. The molecule has 1 aliphatic heterocycles. The van der Waals surface area contributed by atoms with E-state index in [0.717, 1.165) is 25.8 Å². The summed E-state index contributed by atoms with van der Waals surface area (Å²) in [6.45, 7) is 2.48. The van der Waals surface area contributed by atoms with E-state index in [4.69, 9.17) is 5.11 Å². The van der Waals surface area contributed by atoms with E-state index in [2.05, 4.69) is 0 Å². The molecule has 1 aliphatic rings. The maximum atomic E-state index is 11.3. The Balaban J connectivity index is 2.31. The first kappa shape index (κ1) is 15.3. The molecule has 1 N–H and O–H groups in total. The number of carbonyl (C=O) groups is 1. The molecule has 0 radical (unpaired) electrons. The van der Waals surface area contributed by atoms with Gasteiger partial charge < -0.3 is 10.0 Å². The van der Waals surface area contributed by atoms with E-state index in [1.807, 2.05) is 11.0 Å². The van der Waals surface area contributed by atoms with Crippen molar-refractivity contribution in [1.29, 1.82) is 0 Å². The van der Waals surface area contributed by atoms with Crippen molar-refractivity contribution in [1.82, 2.24) is 0 Å². The molecule has 6 heteroatoms. The lowest BCUT2D eigenvalue weighted by Crippen LogP contribution is -2.40. The van der Waals surface area contributed by atoms with Crippen LogP contribution in [-0.2, 0) is 4.79 Å². The SMILES string of the molecule is Cc1cccc(N2CCCCC2CCC(=O)O)c1[N+](=O)[O-]. The van der Waals surface area contributed by atoms with Gasteiger partial charge in [-0.2, -0.15) is 0 Å². The predicted octanol–water partition coefficient (Wildman–Crippen LogP) is 3.13. The summed E-state index contributed by atoms with van der Waals surface area (Å²) in [4.78, 5) is 23.8. The average Bonchev–Trinajstić information content (AvgIpc) is 2.44. The van der Waals surface area contributed by atoms with Gasteiger partial charge in [-0.25, -0.2) is 0 Å². The van der Waals surface area contributed by atoms with Crippen molar-refractivity contribution in [2.75, 3.05) is 11.4 Å². The molecule has 1 fully saturated rings. The van der Waals surface area contributed by atoms with Crippen LogP contribution >= 0.6 is 0 Å². The molecule has 1 atom stereocenters. The summed E-state index contributed by atoms with van der Waals surface area (Å²) < 4.78 is 0. The van der Waals surface area contributed by atoms with Crippen LogP contribution in [0.25, 0.3) is 0 Å². The van der Waals surface area contributed by atoms with Gasteiger partial charge in [-0.1, -0.05) is 12.1 Å². The highest BCUT2D eigenvalue weighted by molar-refractivity contribution is 5.68. The Bertz CT molecular complexity index is 544. The number of carboxylic acids is 1. The fraction of sp³-hybridized carbons (Fsp3) is 0.533. The average molecular weight is 292 g/mol. The summed E-state index contributed by atoms with van der Waals surface area (Å²) in [7, 11) is 0. The first-order chi connectivity index (χ1) is 10.0. The van der Waals surface area contributed by atoms with Crippen molar-refractivity contribution >= 4 is 17.3 Å². The van der Waals surface area contributed by atoms with Crippen LogP contribution in [0.1, 0.15) is 37.7 Å². The van der Waals surface area contributed by atoms with Crippen molar-refractivity contribution < 1.29 is 14.8 Å². The van der Waals surface area contributed by atoms with E-state index in [0.29, 0.717) is 17.7 Å². The number of hydrogen-bond acceptors (Lipinski definition) is 4. The summed E-state index contributed by atoms with van der Waals surface area (Å²) in [6.07, 6.45) is 3.54. The summed E-state index contributed by atoms with van der Waals surface area (Å²) in [5, 5.41) is 20.2. The number of rotatable bonds is 5. The van der Waals surface area contributed by atoms with Gasteiger partial charge >= 0.3 is 5.97 Å². The summed E-state index contributed by atoms with van der Waals surface area (Å²) in [6, 6.07) is 5.39. The third-order valence-corrected chi connectivity index (χ3v) is 4.03. The standard InChI is InChI=1S/C15H20N2O4/c1-11-5-4-7-13(15(11)17(20)21)16-10-3-2-6-12(16)8-9-14(18)19/h4-5,7,12H,2-3,6,8-10H2,1H3,(H,18,19). The van der Waals surface area contributed by atoms with Crippen LogP contribution < -0.4 is 4.90 Å². The van der Waals surface area contributed by atoms with E-state index in [-0.39, 0.29) is 23.1 Å². The maximum Gasteiger partial charge on any atom is 0.303 e. The molecule has 2 rings (SSSR count). The van der Waals surface area contributed by atoms with Gasteiger partial charge in [0.15, 0.2) is 0 Å². The number of piperidine rings is 1. The van der Waals surface area contributed by atoms with Crippen molar-refractivity contribution in [2.45, 2.75) is 45.1 Å². The Morgan fingerprint density at radius 2 is 2.24 bits per heavy atom. The Morgan fingerprint density at radius 3 is 2.90 bits per heavy atom. The Labute approximate surface area is 123 Å². The number of benzene rings is 1. The topological polar surface area (TPSA) is 83.7 Å². The molecule has 1 heterocycles. The van der Waals surface area contributed by atoms with Gasteiger partial charge in [-0.3, -0.25) is 14.9 Å². The molecule has 0 spiro atoms. The predicted molar refractivity (Wildman–Crippen MR) is 79.7 cm³/mol. The molecule has 1 unspecified atom stereocenters. The highest BCUT2D eigenvalue weighted by atomic mass is 16.6. The first-order valence-electron chi connectivity index (χ1n) is 7.23.